The highest BCUT2D eigenvalue weighted by molar-refractivity contribution is 5.50. The minimum absolute atomic E-state index is 0.254. The molecule has 0 N–H and O–H groups in total. The third-order valence-corrected chi connectivity index (χ3v) is 3.94. The molecule has 0 spiro atoms. The molecular formula is C17H24N6O. The van der Waals surface area contributed by atoms with Crippen LogP contribution in [-0.2, 0) is 12.8 Å². The minimum Gasteiger partial charge on any atom is -0.359 e. The van der Waals surface area contributed by atoms with Crippen molar-refractivity contribution in [3.63, 3.8) is 0 Å². The van der Waals surface area contributed by atoms with E-state index in [1.54, 1.807) is 6.20 Å². The molecule has 0 bridgehead atoms. The van der Waals surface area contributed by atoms with Crippen molar-refractivity contribution < 1.29 is 4.52 Å². The SMILES string of the molecule is CCCc1cc(N(C)CCc2noc(C(C)C)n2)n2nccc2n1. The lowest BCUT2D eigenvalue weighted by Crippen LogP contribution is -2.24. The molecule has 0 saturated heterocycles. The van der Waals surface area contributed by atoms with Crippen molar-refractivity contribution in [2.45, 2.75) is 46.0 Å². The van der Waals surface area contributed by atoms with Gasteiger partial charge in [0.05, 0.1) is 6.20 Å². The fraction of sp³-hybridized carbons (Fsp3) is 0.529. The highest BCUT2D eigenvalue weighted by Gasteiger charge is 2.13. The molecule has 0 atom stereocenters. The monoisotopic (exact) mass is 328 g/mol. The van der Waals surface area contributed by atoms with Crippen LogP contribution in [0, 0.1) is 0 Å². The van der Waals surface area contributed by atoms with Gasteiger partial charge in [0, 0.05) is 43.8 Å². The normalized spacial score (nSPS) is 11.5. The zero-order valence-electron chi connectivity index (χ0n) is 14.7. The second-order valence-electron chi connectivity index (χ2n) is 6.33. The van der Waals surface area contributed by atoms with E-state index >= 15 is 0 Å². The number of aryl methyl sites for hydroxylation is 1. The average molecular weight is 328 g/mol. The Hall–Kier alpha value is -2.44. The molecule has 0 aromatic carbocycles. The summed E-state index contributed by atoms with van der Waals surface area (Å²) in [6, 6.07) is 4.05. The molecule has 7 heteroatoms. The van der Waals surface area contributed by atoms with Gasteiger partial charge in [-0.25, -0.2) is 4.98 Å². The Balaban J connectivity index is 1.77. The third kappa shape index (κ3) is 3.39. The zero-order chi connectivity index (χ0) is 17.1. The Kier molecular flexibility index (Phi) is 4.78. The molecule has 3 aromatic heterocycles. The van der Waals surface area contributed by atoms with Gasteiger partial charge in [-0.2, -0.15) is 14.6 Å². The summed E-state index contributed by atoms with van der Waals surface area (Å²) >= 11 is 0. The molecule has 0 aliphatic carbocycles. The standard InChI is InChI=1S/C17H24N6O/c1-5-6-13-11-16(23-15(19-13)7-9-18-23)22(4)10-8-14-20-17(12(2)3)24-21-14/h7,9,11-12H,5-6,8,10H2,1-4H3. The lowest BCUT2D eigenvalue weighted by molar-refractivity contribution is 0.360. The number of hydrogen-bond donors (Lipinski definition) is 0. The van der Waals surface area contributed by atoms with Crippen LogP contribution in [0.4, 0.5) is 5.82 Å². The highest BCUT2D eigenvalue weighted by atomic mass is 16.5. The quantitative estimate of drug-likeness (QED) is 0.664. The Morgan fingerprint density at radius 2 is 2.08 bits per heavy atom. The number of likely N-dealkylation sites (N-methyl/N-ethyl adjacent to an activating group) is 1. The van der Waals surface area contributed by atoms with Gasteiger partial charge < -0.3 is 9.42 Å². The molecule has 3 aromatic rings. The number of anilines is 1. The van der Waals surface area contributed by atoms with Crippen LogP contribution in [0.5, 0.6) is 0 Å². The Bertz CT molecular complexity index is 806. The number of rotatable bonds is 7. The highest BCUT2D eigenvalue weighted by Crippen LogP contribution is 2.18. The summed E-state index contributed by atoms with van der Waals surface area (Å²) < 4.78 is 7.14. The summed E-state index contributed by atoms with van der Waals surface area (Å²) in [7, 11) is 2.05. The van der Waals surface area contributed by atoms with E-state index in [0.29, 0.717) is 5.89 Å². The van der Waals surface area contributed by atoms with Gasteiger partial charge in [0.2, 0.25) is 5.89 Å². The maximum absolute atomic E-state index is 5.27. The molecule has 0 saturated carbocycles. The van der Waals surface area contributed by atoms with Gasteiger partial charge in [-0.05, 0) is 6.42 Å². The van der Waals surface area contributed by atoms with E-state index in [9.17, 15) is 0 Å². The van der Waals surface area contributed by atoms with Gasteiger partial charge >= 0.3 is 0 Å². The first-order valence-corrected chi connectivity index (χ1v) is 8.45. The Morgan fingerprint density at radius 1 is 1.25 bits per heavy atom. The summed E-state index contributed by atoms with van der Waals surface area (Å²) in [5.41, 5.74) is 1.97. The molecule has 0 radical (unpaired) electrons. The van der Waals surface area contributed by atoms with Crippen molar-refractivity contribution >= 4 is 11.5 Å². The van der Waals surface area contributed by atoms with Crippen molar-refractivity contribution in [2.75, 3.05) is 18.5 Å². The molecule has 0 aliphatic rings. The first-order chi connectivity index (χ1) is 11.6. The molecule has 0 unspecified atom stereocenters. The fourth-order valence-electron chi connectivity index (χ4n) is 2.59. The number of aromatic nitrogens is 5. The molecule has 3 heterocycles. The van der Waals surface area contributed by atoms with Gasteiger partial charge in [-0.3, -0.25) is 0 Å². The largest absolute Gasteiger partial charge is 0.359 e. The van der Waals surface area contributed by atoms with E-state index < -0.39 is 0 Å². The van der Waals surface area contributed by atoms with E-state index in [4.69, 9.17) is 4.52 Å². The predicted octanol–water partition coefficient (Wildman–Crippen LogP) is 2.87. The minimum atomic E-state index is 0.254. The lowest BCUT2D eigenvalue weighted by Gasteiger charge is -2.20. The summed E-state index contributed by atoms with van der Waals surface area (Å²) in [6.45, 7) is 7.03. The molecule has 0 fully saturated rings. The molecule has 128 valence electrons. The third-order valence-electron chi connectivity index (χ3n) is 3.94. The topological polar surface area (TPSA) is 72.4 Å². The lowest BCUT2D eigenvalue weighted by atomic mass is 10.2. The van der Waals surface area contributed by atoms with Crippen molar-refractivity contribution in [1.82, 2.24) is 24.7 Å². The van der Waals surface area contributed by atoms with E-state index in [1.807, 2.05) is 24.4 Å². The van der Waals surface area contributed by atoms with E-state index in [0.717, 1.165) is 48.8 Å². The van der Waals surface area contributed by atoms with Crippen molar-refractivity contribution in [1.29, 1.82) is 0 Å². The zero-order valence-corrected chi connectivity index (χ0v) is 14.7. The molecular weight excluding hydrogens is 304 g/mol. The fourth-order valence-corrected chi connectivity index (χ4v) is 2.59. The van der Waals surface area contributed by atoms with Crippen LogP contribution in [0.2, 0.25) is 0 Å². The summed E-state index contributed by atoms with van der Waals surface area (Å²) in [5, 5.41) is 8.44. The van der Waals surface area contributed by atoms with Crippen LogP contribution in [0.25, 0.3) is 5.65 Å². The summed E-state index contributed by atoms with van der Waals surface area (Å²) in [5.74, 6) is 2.71. The van der Waals surface area contributed by atoms with Gasteiger partial charge in [-0.1, -0.05) is 32.3 Å². The van der Waals surface area contributed by atoms with Gasteiger partial charge in [0.15, 0.2) is 11.5 Å². The van der Waals surface area contributed by atoms with Crippen LogP contribution in [0.1, 0.15) is 50.5 Å². The average Bonchev–Trinajstić information content (AvgIpc) is 3.21. The number of nitrogens with zero attached hydrogens (tertiary/aromatic N) is 6. The van der Waals surface area contributed by atoms with Crippen molar-refractivity contribution in [2.24, 2.45) is 0 Å². The number of hydrogen-bond acceptors (Lipinski definition) is 6. The van der Waals surface area contributed by atoms with Gasteiger partial charge in [0.1, 0.15) is 5.82 Å². The molecule has 24 heavy (non-hydrogen) atoms. The van der Waals surface area contributed by atoms with Crippen LogP contribution in [0.3, 0.4) is 0 Å². The van der Waals surface area contributed by atoms with Crippen LogP contribution in [0.15, 0.2) is 22.9 Å². The first-order valence-electron chi connectivity index (χ1n) is 8.45. The van der Waals surface area contributed by atoms with Gasteiger partial charge in [0.25, 0.3) is 0 Å². The summed E-state index contributed by atoms with van der Waals surface area (Å²) in [6.07, 6.45) is 4.54. The predicted molar refractivity (Wildman–Crippen MR) is 92.3 cm³/mol. The van der Waals surface area contributed by atoms with Crippen LogP contribution in [-0.4, -0.2) is 38.3 Å². The smallest absolute Gasteiger partial charge is 0.229 e. The Labute approximate surface area is 141 Å². The molecule has 3 rings (SSSR count). The first kappa shape index (κ1) is 16.4. The van der Waals surface area contributed by atoms with Crippen molar-refractivity contribution in [3.8, 4) is 0 Å². The van der Waals surface area contributed by atoms with Crippen molar-refractivity contribution in [3.05, 3.63) is 35.7 Å². The summed E-state index contributed by atoms with van der Waals surface area (Å²) in [4.78, 5) is 11.2. The van der Waals surface area contributed by atoms with Gasteiger partial charge in [-0.15, -0.1) is 0 Å². The molecule has 0 amide bonds. The second kappa shape index (κ2) is 6.98. The van der Waals surface area contributed by atoms with E-state index in [-0.39, 0.29) is 5.92 Å². The number of fused-ring (bicyclic) bond motifs is 1. The van der Waals surface area contributed by atoms with E-state index in [1.165, 1.54) is 0 Å². The maximum atomic E-state index is 5.27. The maximum Gasteiger partial charge on any atom is 0.229 e. The van der Waals surface area contributed by atoms with Crippen LogP contribution < -0.4 is 4.90 Å². The Morgan fingerprint density at radius 3 is 2.79 bits per heavy atom. The van der Waals surface area contributed by atoms with E-state index in [2.05, 4.69) is 45.2 Å². The molecule has 7 nitrogen and oxygen atoms in total. The second-order valence-corrected chi connectivity index (χ2v) is 6.33. The van der Waals surface area contributed by atoms with Crippen LogP contribution >= 0.6 is 0 Å². The molecule has 0 aliphatic heterocycles.